The highest BCUT2D eigenvalue weighted by Crippen LogP contribution is 2.28. The standard InChI is InChI=1S/C25H33N3O4/c1-19(29)20-10-11-23(24(17-20)31-3)32-16-6-9-25(30)26-18-21-7-4-5-8-22(21)28-14-12-27(2)13-15-28/h4-5,7-8,10-11,17H,6,9,12-16,18H2,1-3H3,(H,26,30). The fourth-order valence-electron chi connectivity index (χ4n) is 3.72. The summed E-state index contributed by atoms with van der Waals surface area (Å²) in [5, 5.41) is 3.03. The largest absolute Gasteiger partial charge is 0.493 e. The summed E-state index contributed by atoms with van der Waals surface area (Å²) in [4.78, 5) is 28.6. The van der Waals surface area contributed by atoms with Crippen molar-refractivity contribution in [2.24, 2.45) is 0 Å². The zero-order valence-corrected chi connectivity index (χ0v) is 19.2. The Labute approximate surface area is 190 Å². The number of hydrogen-bond acceptors (Lipinski definition) is 6. The van der Waals surface area contributed by atoms with E-state index in [4.69, 9.17) is 9.47 Å². The number of nitrogens with one attached hydrogen (secondary N) is 1. The van der Waals surface area contributed by atoms with Crippen LogP contribution in [0.1, 0.15) is 35.7 Å². The van der Waals surface area contributed by atoms with Crippen LogP contribution in [-0.2, 0) is 11.3 Å². The van der Waals surface area contributed by atoms with Crippen LogP contribution in [0.4, 0.5) is 5.69 Å². The average molecular weight is 440 g/mol. The summed E-state index contributed by atoms with van der Waals surface area (Å²) < 4.78 is 11.1. The Balaban J connectivity index is 1.44. The molecule has 1 saturated heterocycles. The maximum Gasteiger partial charge on any atom is 0.220 e. The second kappa shape index (κ2) is 11.5. The first kappa shape index (κ1) is 23.6. The molecule has 1 heterocycles. The van der Waals surface area contributed by atoms with Gasteiger partial charge in [0.25, 0.3) is 0 Å². The first-order chi connectivity index (χ1) is 15.5. The van der Waals surface area contributed by atoms with Crippen LogP contribution in [0.3, 0.4) is 0 Å². The molecular formula is C25H33N3O4. The number of para-hydroxylation sites is 1. The van der Waals surface area contributed by atoms with Crippen LogP contribution < -0.4 is 19.7 Å². The minimum atomic E-state index is -0.0271. The van der Waals surface area contributed by atoms with E-state index in [1.165, 1.54) is 12.6 Å². The number of hydrogen-bond donors (Lipinski definition) is 1. The normalized spacial score (nSPS) is 14.2. The zero-order valence-electron chi connectivity index (χ0n) is 19.2. The summed E-state index contributed by atoms with van der Waals surface area (Å²) in [6.45, 7) is 6.50. The number of piperazine rings is 1. The van der Waals surface area contributed by atoms with Gasteiger partial charge in [-0.25, -0.2) is 0 Å². The molecule has 0 aliphatic carbocycles. The van der Waals surface area contributed by atoms with Gasteiger partial charge in [-0.3, -0.25) is 9.59 Å². The molecule has 0 aromatic heterocycles. The maximum absolute atomic E-state index is 12.4. The third kappa shape index (κ3) is 6.47. The Bertz CT molecular complexity index is 923. The molecule has 7 nitrogen and oxygen atoms in total. The smallest absolute Gasteiger partial charge is 0.220 e. The molecule has 0 radical (unpaired) electrons. The van der Waals surface area contributed by atoms with Crippen molar-refractivity contribution in [1.29, 1.82) is 0 Å². The van der Waals surface area contributed by atoms with Crippen molar-refractivity contribution in [3.63, 3.8) is 0 Å². The van der Waals surface area contributed by atoms with Crippen molar-refractivity contribution in [3.05, 3.63) is 53.6 Å². The minimum Gasteiger partial charge on any atom is -0.493 e. The van der Waals surface area contributed by atoms with E-state index in [9.17, 15) is 9.59 Å². The molecule has 2 aromatic rings. The minimum absolute atomic E-state index is 0.000623. The molecule has 32 heavy (non-hydrogen) atoms. The summed E-state index contributed by atoms with van der Waals surface area (Å²) in [6.07, 6.45) is 0.966. The quantitative estimate of drug-likeness (QED) is 0.453. The molecule has 0 saturated carbocycles. The van der Waals surface area contributed by atoms with Crippen LogP contribution in [0.2, 0.25) is 0 Å². The SMILES string of the molecule is COc1cc(C(C)=O)ccc1OCCCC(=O)NCc1ccccc1N1CCN(C)CC1. The molecule has 0 unspecified atom stereocenters. The number of ether oxygens (including phenoxy) is 2. The number of benzene rings is 2. The number of carbonyl (C=O) groups excluding carboxylic acids is 2. The summed E-state index contributed by atoms with van der Waals surface area (Å²) in [5.41, 5.74) is 2.91. The predicted octanol–water partition coefficient (Wildman–Crippen LogP) is 3.13. The molecule has 2 aromatic carbocycles. The molecule has 7 heteroatoms. The number of anilines is 1. The number of carbonyl (C=O) groups is 2. The van der Waals surface area contributed by atoms with Gasteiger partial charge in [0.1, 0.15) is 0 Å². The summed E-state index contributed by atoms with van der Waals surface area (Å²) in [6, 6.07) is 13.4. The summed E-state index contributed by atoms with van der Waals surface area (Å²) in [5.74, 6) is 1.06. The lowest BCUT2D eigenvalue weighted by atomic mass is 10.1. The van der Waals surface area contributed by atoms with Crippen molar-refractivity contribution in [2.75, 3.05) is 51.8 Å². The topological polar surface area (TPSA) is 71.1 Å². The summed E-state index contributed by atoms with van der Waals surface area (Å²) in [7, 11) is 3.68. The van der Waals surface area contributed by atoms with E-state index in [0.29, 0.717) is 43.1 Å². The number of ketones is 1. The first-order valence-electron chi connectivity index (χ1n) is 11.1. The number of methoxy groups -OCH3 is 1. The highest BCUT2D eigenvalue weighted by Gasteiger charge is 2.17. The lowest BCUT2D eigenvalue weighted by Crippen LogP contribution is -2.45. The van der Waals surface area contributed by atoms with Gasteiger partial charge < -0.3 is 24.6 Å². The number of amides is 1. The van der Waals surface area contributed by atoms with E-state index in [2.05, 4.69) is 34.3 Å². The van der Waals surface area contributed by atoms with E-state index < -0.39 is 0 Å². The third-order valence-electron chi connectivity index (χ3n) is 5.69. The van der Waals surface area contributed by atoms with E-state index in [1.807, 2.05) is 12.1 Å². The van der Waals surface area contributed by atoms with Gasteiger partial charge in [0.05, 0.1) is 13.7 Å². The molecule has 1 amide bonds. The van der Waals surface area contributed by atoms with Crippen LogP contribution >= 0.6 is 0 Å². The molecular weight excluding hydrogens is 406 g/mol. The molecule has 1 N–H and O–H groups in total. The second-order valence-electron chi connectivity index (χ2n) is 8.07. The highest BCUT2D eigenvalue weighted by molar-refractivity contribution is 5.94. The summed E-state index contributed by atoms with van der Waals surface area (Å²) >= 11 is 0. The zero-order chi connectivity index (χ0) is 22.9. The van der Waals surface area contributed by atoms with Crippen molar-refractivity contribution in [3.8, 4) is 11.5 Å². The molecule has 1 aliphatic heterocycles. The molecule has 1 fully saturated rings. The van der Waals surface area contributed by atoms with Crippen LogP contribution in [0, 0.1) is 0 Å². The van der Waals surface area contributed by atoms with Gasteiger partial charge in [-0.15, -0.1) is 0 Å². The fourth-order valence-corrected chi connectivity index (χ4v) is 3.72. The van der Waals surface area contributed by atoms with E-state index >= 15 is 0 Å². The Hall–Kier alpha value is -3.06. The van der Waals surface area contributed by atoms with Crippen LogP contribution in [0.15, 0.2) is 42.5 Å². The first-order valence-corrected chi connectivity index (χ1v) is 11.1. The van der Waals surface area contributed by atoms with E-state index in [0.717, 1.165) is 31.7 Å². The number of Topliss-reactive ketones (excluding diaryl/α,β-unsaturated/α-hetero) is 1. The van der Waals surface area contributed by atoms with E-state index in [-0.39, 0.29) is 11.7 Å². The Morgan fingerprint density at radius 3 is 2.50 bits per heavy atom. The monoisotopic (exact) mass is 439 g/mol. The van der Waals surface area contributed by atoms with Gasteiger partial charge in [-0.05, 0) is 50.2 Å². The number of rotatable bonds is 10. The van der Waals surface area contributed by atoms with Gasteiger partial charge in [-0.2, -0.15) is 0 Å². The van der Waals surface area contributed by atoms with Crippen molar-refractivity contribution >= 4 is 17.4 Å². The Morgan fingerprint density at radius 1 is 1.03 bits per heavy atom. The van der Waals surface area contributed by atoms with Gasteiger partial charge in [0.15, 0.2) is 17.3 Å². The molecule has 0 bridgehead atoms. The van der Waals surface area contributed by atoms with Crippen LogP contribution in [0.5, 0.6) is 11.5 Å². The lowest BCUT2D eigenvalue weighted by molar-refractivity contribution is -0.121. The van der Waals surface area contributed by atoms with Crippen LogP contribution in [0.25, 0.3) is 0 Å². The van der Waals surface area contributed by atoms with Gasteiger partial charge in [0, 0.05) is 50.4 Å². The second-order valence-corrected chi connectivity index (χ2v) is 8.07. The third-order valence-corrected chi connectivity index (χ3v) is 5.69. The van der Waals surface area contributed by atoms with Crippen LogP contribution in [-0.4, -0.2) is 63.5 Å². The van der Waals surface area contributed by atoms with Gasteiger partial charge in [0.2, 0.25) is 5.91 Å². The molecule has 172 valence electrons. The Kier molecular flexibility index (Phi) is 8.50. The molecule has 1 aliphatic rings. The average Bonchev–Trinajstić information content (AvgIpc) is 2.81. The molecule has 3 rings (SSSR count). The van der Waals surface area contributed by atoms with Crippen molar-refractivity contribution in [1.82, 2.24) is 10.2 Å². The van der Waals surface area contributed by atoms with Gasteiger partial charge in [-0.1, -0.05) is 18.2 Å². The predicted molar refractivity (Wildman–Crippen MR) is 126 cm³/mol. The van der Waals surface area contributed by atoms with E-state index in [1.54, 1.807) is 25.3 Å². The van der Waals surface area contributed by atoms with Crippen molar-refractivity contribution in [2.45, 2.75) is 26.3 Å². The highest BCUT2D eigenvalue weighted by atomic mass is 16.5. The maximum atomic E-state index is 12.4. The van der Waals surface area contributed by atoms with Gasteiger partial charge >= 0.3 is 0 Å². The Morgan fingerprint density at radius 2 is 1.78 bits per heavy atom. The lowest BCUT2D eigenvalue weighted by Gasteiger charge is -2.35. The number of likely N-dealkylation sites (N-methyl/N-ethyl adjacent to an activating group) is 1. The molecule has 0 spiro atoms. The fraction of sp³-hybridized carbons (Fsp3) is 0.440. The molecule has 0 atom stereocenters. The van der Waals surface area contributed by atoms with Crippen molar-refractivity contribution < 1.29 is 19.1 Å². The number of nitrogens with zero attached hydrogens (tertiary/aromatic N) is 2.